The number of ether oxygens (including phenoxy) is 2. The van der Waals surface area contributed by atoms with Crippen LogP contribution in [0.5, 0.6) is 0 Å². The van der Waals surface area contributed by atoms with Gasteiger partial charge in [-0.2, -0.15) is 0 Å². The summed E-state index contributed by atoms with van der Waals surface area (Å²) in [4.78, 5) is 0. The van der Waals surface area contributed by atoms with Crippen LogP contribution in [0.2, 0.25) is 0 Å². The van der Waals surface area contributed by atoms with Crippen LogP contribution in [0.25, 0.3) is 31.9 Å². The zero-order chi connectivity index (χ0) is 67.4. The van der Waals surface area contributed by atoms with Crippen molar-refractivity contribution in [3.63, 3.8) is 0 Å². The molecule has 2 aliphatic heterocycles. The second-order valence-corrected chi connectivity index (χ2v) is 30.4. The molecule has 504 valence electrons. The van der Waals surface area contributed by atoms with E-state index in [-0.39, 0.29) is 88.9 Å². The van der Waals surface area contributed by atoms with E-state index in [1.165, 1.54) is 92.4 Å². The number of nitrogens with zero attached hydrogens (tertiary/aromatic N) is 6. The molecule has 11 heteroatoms. The Morgan fingerprint density at radius 1 is 0.209 bits per heavy atom. The summed E-state index contributed by atoms with van der Waals surface area (Å²) in [6, 6.07) is 38.5. The van der Waals surface area contributed by atoms with Crippen molar-refractivity contribution in [3.8, 4) is 0 Å². The fourth-order valence-electron chi connectivity index (χ4n) is 9.44. The molecule has 2 fully saturated rings. The van der Waals surface area contributed by atoms with Gasteiger partial charge in [0, 0.05) is 26.4 Å². The number of rotatable bonds is 6. The zero-order valence-electron chi connectivity index (χ0n) is 62.8. The van der Waals surface area contributed by atoms with E-state index in [0.29, 0.717) is 0 Å². The molecule has 8 nitrogen and oxygen atoms in total. The van der Waals surface area contributed by atoms with Crippen LogP contribution in [0.4, 0.5) is 34.1 Å². The summed E-state index contributed by atoms with van der Waals surface area (Å²) in [6.07, 6.45) is 5.11. The Hall–Kier alpha value is -4.23. The Kier molecular flexibility index (Phi) is 42.9. The monoisotopic (exact) mass is 1430 g/mol. The maximum atomic E-state index is 4.94. The van der Waals surface area contributed by atoms with Crippen LogP contribution in [0, 0.1) is 83.1 Å². The van der Waals surface area contributed by atoms with E-state index in [0.717, 1.165) is 60.6 Å². The fourth-order valence-corrected chi connectivity index (χ4v) is 9.44. The Balaban J connectivity index is -0.000000982. The first kappa shape index (κ1) is 91.0. The van der Waals surface area contributed by atoms with Crippen LogP contribution in [-0.2, 0) is 65.1 Å². The SMILES string of the molecule is C1CCOC1.C1CCOC1.Cc1cc(C)cc([N-]C(C)(C)C)c1.Cc1cc(C)cc([N-]C(C)(C)C)c1.Cc1cc(C)cc([N-]C(C)(C)C)c1.Cc1cc(C)cc([N-]C(C)(C)C)c1.Cc1cc(C)cc([N-]C(C)(C)C)c1.Cc1cc(C)cc([N-]C(C)(C)C)c1.[Mo+4].[Mo+4].[S-2]. The van der Waals surface area contributed by atoms with Gasteiger partial charge in [0.2, 0.25) is 0 Å². The van der Waals surface area contributed by atoms with Crippen LogP contribution in [0.3, 0.4) is 0 Å². The van der Waals surface area contributed by atoms with Gasteiger partial charge in [-0.1, -0.05) is 301 Å². The Morgan fingerprint density at radius 2 is 0.308 bits per heavy atom. The molecule has 2 aliphatic rings. The van der Waals surface area contributed by atoms with Crippen molar-refractivity contribution in [2.75, 3.05) is 26.4 Å². The van der Waals surface area contributed by atoms with Crippen molar-refractivity contribution in [1.29, 1.82) is 0 Å². The summed E-state index contributed by atoms with van der Waals surface area (Å²) < 4.78 is 9.89. The summed E-state index contributed by atoms with van der Waals surface area (Å²) in [6.45, 7) is 67.4. The van der Waals surface area contributed by atoms with E-state index >= 15 is 0 Å². The van der Waals surface area contributed by atoms with E-state index in [1.54, 1.807) is 0 Å². The van der Waals surface area contributed by atoms with Gasteiger partial charge in [-0.25, -0.2) is 0 Å². The number of benzene rings is 6. The van der Waals surface area contributed by atoms with Gasteiger partial charge < -0.3 is 54.9 Å². The van der Waals surface area contributed by atoms with E-state index in [9.17, 15) is 0 Å². The Bertz CT molecular complexity index is 2320. The first-order valence-electron chi connectivity index (χ1n) is 32.2. The van der Waals surface area contributed by atoms with Crippen LogP contribution < -0.4 is 0 Å². The van der Waals surface area contributed by atoms with Crippen LogP contribution in [-0.4, -0.2) is 59.7 Å². The number of hydrogen-bond acceptors (Lipinski definition) is 2. The van der Waals surface area contributed by atoms with Crippen LogP contribution in [0.1, 0.15) is 217 Å². The van der Waals surface area contributed by atoms with E-state index in [2.05, 4.69) is 349 Å². The molecule has 0 unspecified atom stereocenters. The minimum absolute atomic E-state index is 0. The predicted octanol–water partition coefficient (Wildman–Crippen LogP) is 26.2. The third-order valence-corrected chi connectivity index (χ3v) is 11.7. The van der Waals surface area contributed by atoms with Gasteiger partial charge in [0.15, 0.2) is 0 Å². The summed E-state index contributed by atoms with van der Waals surface area (Å²) in [7, 11) is 0. The quantitative estimate of drug-likeness (QED) is 0.155. The van der Waals surface area contributed by atoms with Crippen LogP contribution >= 0.6 is 0 Å². The molecule has 8 rings (SSSR count). The third-order valence-electron chi connectivity index (χ3n) is 11.7. The van der Waals surface area contributed by atoms with Crippen molar-refractivity contribution in [3.05, 3.63) is 208 Å². The molecule has 0 N–H and O–H groups in total. The second kappa shape index (κ2) is 43.0. The summed E-state index contributed by atoms with van der Waals surface area (Å²) in [5.41, 5.74) is 22.0. The molecule has 0 bridgehead atoms. The van der Waals surface area contributed by atoms with Crippen molar-refractivity contribution in [2.45, 2.75) is 267 Å². The average molecular weight is 1430 g/mol. The molecular weight excluding hydrogens is 1300 g/mol. The van der Waals surface area contributed by atoms with E-state index < -0.39 is 0 Å². The van der Waals surface area contributed by atoms with Gasteiger partial charge in [-0.3, -0.25) is 0 Å². The van der Waals surface area contributed by atoms with E-state index in [4.69, 9.17) is 9.47 Å². The minimum Gasteiger partial charge on any atom is -2.00 e. The molecule has 6 aromatic rings. The van der Waals surface area contributed by atoms with Crippen molar-refractivity contribution in [2.24, 2.45) is 0 Å². The molecule has 0 spiro atoms. The first-order valence-corrected chi connectivity index (χ1v) is 32.2. The second-order valence-electron chi connectivity index (χ2n) is 30.4. The van der Waals surface area contributed by atoms with Crippen molar-refractivity contribution in [1.82, 2.24) is 0 Å². The predicted molar refractivity (Wildman–Crippen MR) is 400 cm³/mol. The molecule has 0 radical (unpaired) electrons. The maximum Gasteiger partial charge on any atom is 4.00 e. The Labute approximate surface area is 595 Å². The Morgan fingerprint density at radius 3 is 0.374 bits per heavy atom. The first-order chi connectivity index (χ1) is 40.2. The fraction of sp³-hybridized carbons (Fsp3) is 0.550. The molecular formula is C80H124Mo2N6O2S. The summed E-state index contributed by atoms with van der Waals surface area (Å²) in [5.74, 6) is 0. The normalized spacial score (nSPS) is 12.5. The van der Waals surface area contributed by atoms with Gasteiger partial charge in [0.05, 0.1) is 0 Å². The molecule has 2 saturated heterocycles. The summed E-state index contributed by atoms with van der Waals surface area (Å²) in [5, 5.41) is 27.7. The number of aryl methyl sites for hydroxylation is 12. The van der Waals surface area contributed by atoms with Gasteiger partial charge in [-0.05, 0) is 109 Å². The largest absolute Gasteiger partial charge is 4.00 e. The molecule has 0 saturated carbocycles. The van der Waals surface area contributed by atoms with E-state index in [1.807, 2.05) is 0 Å². The average Bonchev–Trinajstić information content (AvgIpc) is 3.94. The van der Waals surface area contributed by atoms with Crippen molar-refractivity contribution < 1.29 is 51.6 Å². The third kappa shape index (κ3) is 51.8. The van der Waals surface area contributed by atoms with Crippen LogP contribution in [0.15, 0.2) is 109 Å². The summed E-state index contributed by atoms with van der Waals surface area (Å²) >= 11 is 0. The smallest absolute Gasteiger partial charge is 2.00 e. The minimum atomic E-state index is 0. The standard InChI is InChI=1S/6C12H18N.2C4H8O.2Mo.S/c6*1-9-6-10(2)8-11(7-9)13-12(3,4)5;2*1-2-4-5-3-1;;;/h6*6-8H,1-5H3;2*1-4H2;;;/q6*-1;;;2*+4;-2. The molecule has 2 heterocycles. The molecule has 0 aromatic heterocycles. The molecule has 91 heavy (non-hydrogen) atoms. The van der Waals surface area contributed by atoms with Gasteiger partial charge in [-0.15, -0.1) is 67.4 Å². The molecule has 0 atom stereocenters. The molecule has 0 aliphatic carbocycles. The van der Waals surface area contributed by atoms with Gasteiger partial charge in [0.1, 0.15) is 0 Å². The molecule has 0 amide bonds. The van der Waals surface area contributed by atoms with Crippen molar-refractivity contribution >= 4 is 47.6 Å². The van der Waals surface area contributed by atoms with Gasteiger partial charge >= 0.3 is 42.1 Å². The maximum absolute atomic E-state index is 4.94. The number of hydrogen-bond donors (Lipinski definition) is 0. The zero-order valence-corrected chi connectivity index (χ0v) is 67.6. The van der Waals surface area contributed by atoms with Gasteiger partial charge in [0.25, 0.3) is 0 Å². The molecule has 6 aromatic carbocycles. The topological polar surface area (TPSA) is 103 Å².